The van der Waals surface area contributed by atoms with Gasteiger partial charge in [0.25, 0.3) is 5.91 Å². The summed E-state index contributed by atoms with van der Waals surface area (Å²) < 4.78 is 5.73. The van der Waals surface area contributed by atoms with Crippen LogP contribution in [-0.2, 0) is 19.2 Å². The average Bonchev–Trinajstić information content (AvgIpc) is 3.12. The minimum Gasteiger partial charge on any atom is -0.381 e. The third-order valence-electron chi connectivity index (χ3n) is 10.3. The molecule has 5 heteroatoms. The third-order valence-corrected chi connectivity index (χ3v) is 10.3. The van der Waals surface area contributed by atoms with E-state index in [0.29, 0.717) is 23.9 Å². The maximum absolute atomic E-state index is 13.0. The Morgan fingerprint density at radius 2 is 1.71 bits per heavy atom. The number of amides is 1. The number of rotatable bonds is 5. The van der Waals surface area contributed by atoms with Crippen LogP contribution in [0.5, 0.6) is 0 Å². The number of methoxy groups -OCH3 is 1. The zero-order chi connectivity index (χ0) is 22.2. The highest BCUT2D eigenvalue weighted by atomic mass is 16.7. The van der Waals surface area contributed by atoms with Gasteiger partial charge in [-0.15, -0.1) is 0 Å². The molecule has 0 aliphatic heterocycles. The molecule has 0 radical (unpaired) electrons. The lowest BCUT2D eigenvalue weighted by molar-refractivity contribution is -0.164. The number of carbonyl (C=O) groups excluding carboxylic acids is 2. The van der Waals surface area contributed by atoms with Crippen LogP contribution < -0.4 is 5.48 Å². The molecule has 0 saturated heterocycles. The summed E-state index contributed by atoms with van der Waals surface area (Å²) >= 11 is 0. The summed E-state index contributed by atoms with van der Waals surface area (Å²) in [6.07, 6.45) is 13.3. The van der Waals surface area contributed by atoms with Crippen molar-refractivity contribution in [3.05, 3.63) is 0 Å². The molecule has 0 spiro atoms. The van der Waals surface area contributed by atoms with Crippen LogP contribution in [0.4, 0.5) is 0 Å². The molecular weight excluding hydrogens is 390 g/mol. The number of hydrogen-bond donors (Lipinski definition) is 1. The van der Waals surface area contributed by atoms with Crippen LogP contribution in [0.2, 0.25) is 0 Å². The normalized spacial score (nSPS) is 44.0. The Hall–Kier alpha value is -1.10. The van der Waals surface area contributed by atoms with E-state index in [1.54, 1.807) is 0 Å². The largest absolute Gasteiger partial charge is 0.381 e. The molecule has 4 aliphatic carbocycles. The van der Waals surface area contributed by atoms with Gasteiger partial charge in [0, 0.05) is 19.4 Å². The first-order valence-electron chi connectivity index (χ1n) is 12.9. The smallest absolute Gasteiger partial charge is 0.332 e. The molecule has 0 aromatic carbocycles. The van der Waals surface area contributed by atoms with Crippen molar-refractivity contribution in [3.8, 4) is 0 Å². The zero-order valence-corrected chi connectivity index (χ0v) is 20.1. The average molecular weight is 434 g/mol. The molecule has 4 saturated carbocycles. The second kappa shape index (κ2) is 9.03. The Balaban J connectivity index is 1.42. The van der Waals surface area contributed by atoms with E-state index < -0.39 is 0 Å². The Labute approximate surface area is 188 Å². The summed E-state index contributed by atoms with van der Waals surface area (Å²) in [6.45, 7) is 6.96. The minimum absolute atomic E-state index is 0.0350. The van der Waals surface area contributed by atoms with Gasteiger partial charge in [-0.1, -0.05) is 27.2 Å². The molecule has 0 heterocycles. The van der Waals surface area contributed by atoms with E-state index in [2.05, 4.69) is 19.3 Å². The third kappa shape index (κ3) is 4.05. The predicted octanol–water partition coefficient (Wildman–Crippen LogP) is 5.42. The van der Waals surface area contributed by atoms with E-state index in [1.165, 1.54) is 38.5 Å². The van der Waals surface area contributed by atoms with Crippen LogP contribution in [-0.4, -0.2) is 25.1 Å². The molecule has 31 heavy (non-hydrogen) atoms. The van der Waals surface area contributed by atoms with Crippen LogP contribution in [0.3, 0.4) is 0 Å². The van der Waals surface area contributed by atoms with Crippen LogP contribution >= 0.6 is 0 Å². The van der Waals surface area contributed by atoms with Crippen molar-refractivity contribution in [2.75, 3.05) is 7.11 Å². The van der Waals surface area contributed by atoms with Crippen LogP contribution in [0.15, 0.2) is 0 Å². The second-order valence-corrected chi connectivity index (χ2v) is 11.5. The Bertz CT molecular complexity index is 680. The number of nitrogens with one attached hydrogen (secondary N) is 1. The predicted molar refractivity (Wildman–Crippen MR) is 120 cm³/mol. The fraction of sp³-hybridized carbons (Fsp3) is 0.923. The van der Waals surface area contributed by atoms with E-state index in [0.717, 1.165) is 49.9 Å². The summed E-state index contributed by atoms with van der Waals surface area (Å²) in [7, 11) is 1.87. The molecule has 1 unspecified atom stereocenters. The summed E-state index contributed by atoms with van der Waals surface area (Å²) in [6, 6.07) is 0. The van der Waals surface area contributed by atoms with Crippen LogP contribution in [0, 0.1) is 40.4 Å². The molecule has 176 valence electrons. The highest BCUT2D eigenvalue weighted by molar-refractivity contribution is 5.81. The lowest BCUT2D eigenvalue weighted by atomic mass is 9.44. The first-order valence-corrected chi connectivity index (χ1v) is 12.9. The van der Waals surface area contributed by atoms with E-state index in [1.807, 2.05) is 14.0 Å². The molecule has 4 aliphatic rings. The summed E-state index contributed by atoms with van der Waals surface area (Å²) in [5.41, 5.74) is 3.00. The molecule has 8 atom stereocenters. The van der Waals surface area contributed by atoms with Gasteiger partial charge in [-0.3, -0.25) is 4.79 Å². The lowest BCUT2D eigenvalue weighted by Gasteiger charge is -2.61. The van der Waals surface area contributed by atoms with Crippen molar-refractivity contribution in [2.45, 2.75) is 104 Å². The zero-order valence-electron chi connectivity index (χ0n) is 20.1. The number of carbonyl (C=O) groups is 2. The van der Waals surface area contributed by atoms with Crippen molar-refractivity contribution in [3.63, 3.8) is 0 Å². The minimum atomic E-state index is -0.323. The van der Waals surface area contributed by atoms with E-state index >= 15 is 0 Å². The van der Waals surface area contributed by atoms with Gasteiger partial charge in [0.2, 0.25) is 0 Å². The first-order chi connectivity index (χ1) is 14.8. The van der Waals surface area contributed by atoms with Gasteiger partial charge in [0.1, 0.15) is 0 Å². The summed E-state index contributed by atoms with van der Waals surface area (Å²) in [5.74, 6) is 2.51. The van der Waals surface area contributed by atoms with Gasteiger partial charge in [-0.05, 0) is 98.7 Å². The highest BCUT2D eigenvalue weighted by Crippen LogP contribution is 2.67. The monoisotopic (exact) mass is 433 g/mol. The fourth-order valence-corrected chi connectivity index (χ4v) is 8.41. The summed E-state index contributed by atoms with van der Waals surface area (Å²) in [5, 5.41) is 0. The summed E-state index contributed by atoms with van der Waals surface area (Å²) in [4.78, 5) is 29.9. The second-order valence-electron chi connectivity index (χ2n) is 11.5. The Kier molecular flexibility index (Phi) is 6.72. The number of unbranched alkanes of at least 4 members (excludes halogenated alkanes) is 1. The van der Waals surface area contributed by atoms with Crippen LogP contribution in [0.25, 0.3) is 0 Å². The van der Waals surface area contributed by atoms with Crippen LogP contribution in [0.1, 0.15) is 97.8 Å². The maximum Gasteiger partial charge on any atom is 0.332 e. The van der Waals surface area contributed by atoms with Gasteiger partial charge in [-0.25, -0.2) is 4.79 Å². The first kappa shape index (κ1) is 23.1. The number of fused-ring (bicyclic) bond motifs is 5. The van der Waals surface area contributed by atoms with Crippen molar-refractivity contribution in [1.82, 2.24) is 5.48 Å². The Morgan fingerprint density at radius 1 is 0.968 bits per heavy atom. The molecule has 0 bridgehead atoms. The number of hydroxylamine groups is 1. The lowest BCUT2D eigenvalue weighted by Crippen LogP contribution is -2.54. The van der Waals surface area contributed by atoms with Gasteiger partial charge in [0.05, 0.1) is 6.10 Å². The van der Waals surface area contributed by atoms with Crippen molar-refractivity contribution in [1.29, 1.82) is 0 Å². The van der Waals surface area contributed by atoms with E-state index in [9.17, 15) is 9.59 Å². The molecule has 0 aromatic heterocycles. The van der Waals surface area contributed by atoms with Crippen molar-refractivity contribution >= 4 is 11.9 Å². The molecule has 0 aromatic rings. The highest BCUT2D eigenvalue weighted by Gasteiger charge is 2.61. The number of ether oxygens (including phenoxy) is 1. The quantitative estimate of drug-likeness (QED) is 0.588. The van der Waals surface area contributed by atoms with Gasteiger partial charge in [0.15, 0.2) is 0 Å². The fourth-order valence-electron chi connectivity index (χ4n) is 8.41. The molecule has 1 amide bonds. The van der Waals surface area contributed by atoms with Gasteiger partial charge < -0.3 is 9.57 Å². The van der Waals surface area contributed by atoms with Crippen molar-refractivity contribution in [2.24, 2.45) is 40.4 Å². The molecular formula is C26H43NO4. The molecule has 5 nitrogen and oxygen atoms in total. The topological polar surface area (TPSA) is 64.6 Å². The van der Waals surface area contributed by atoms with Gasteiger partial charge in [-0.2, -0.15) is 5.48 Å². The maximum atomic E-state index is 13.0. The SMILES string of the molecule is CCCCC(=O)ONC(=O)[C@@H]1CC[C@H]2[C@@H]3CCC4C[C@H](OC)CC[C@]4(C)[C@H]3CC[C@@]12C. The molecule has 4 fully saturated rings. The van der Waals surface area contributed by atoms with E-state index in [-0.39, 0.29) is 23.2 Å². The van der Waals surface area contributed by atoms with E-state index in [4.69, 9.17) is 9.57 Å². The number of hydrogen-bond acceptors (Lipinski definition) is 4. The Morgan fingerprint density at radius 3 is 2.45 bits per heavy atom. The standard InChI is InChI=1S/C26H43NO4/c1-5-6-7-23(28)31-27-24(29)22-11-10-20-19-9-8-17-16-18(30-4)12-14-25(17,2)21(19)13-15-26(20,22)3/h17-22H,5-16H2,1-4H3,(H,27,29)/t17?,18-,19+,20+,21+,22+,25+,26-/m1/s1. The molecule has 1 N–H and O–H groups in total. The molecule has 4 rings (SSSR count). The van der Waals surface area contributed by atoms with Crippen molar-refractivity contribution < 1.29 is 19.2 Å². The van der Waals surface area contributed by atoms with Gasteiger partial charge >= 0.3 is 5.97 Å².